The number of carbonyl (C=O) groups is 1. The normalized spacial score (nSPS) is 28.4. The third-order valence-electron chi connectivity index (χ3n) is 5.74. The second-order valence-electron chi connectivity index (χ2n) is 7.33. The number of hydrogen-bond donors (Lipinski definition) is 1. The van der Waals surface area contributed by atoms with Gasteiger partial charge in [0.15, 0.2) is 11.5 Å². The fourth-order valence-electron chi connectivity index (χ4n) is 4.20. The van der Waals surface area contributed by atoms with Gasteiger partial charge in [0.05, 0.1) is 18.1 Å². The van der Waals surface area contributed by atoms with Gasteiger partial charge in [0.1, 0.15) is 0 Å². The molecule has 1 aromatic rings. The number of hydrogen-bond acceptors (Lipinski definition) is 5. The van der Waals surface area contributed by atoms with E-state index < -0.39 is 10.0 Å². The zero-order valence-corrected chi connectivity index (χ0v) is 15.6. The van der Waals surface area contributed by atoms with Crippen LogP contribution >= 0.6 is 0 Å². The highest BCUT2D eigenvalue weighted by atomic mass is 32.2. The van der Waals surface area contributed by atoms with Crippen molar-refractivity contribution in [2.24, 2.45) is 11.8 Å². The molecular formula is C18H24N2O5S. The van der Waals surface area contributed by atoms with Gasteiger partial charge >= 0.3 is 0 Å². The number of fused-ring (bicyclic) bond motifs is 2. The molecule has 4 rings (SSSR count). The molecule has 8 heteroatoms. The van der Waals surface area contributed by atoms with E-state index in [0.717, 1.165) is 19.3 Å². The van der Waals surface area contributed by atoms with Gasteiger partial charge < -0.3 is 14.8 Å². The summed E-state index contributed by atoms with van der Waals surface area (Å²) in [5.74, 6) is 1.77. The third-order valence-corrected chi connectivity index (χ3v) is 7.64. The van der Waals surface area contributed by atoms with E-state index in [2.05, 4.69) is 5.32 Å². The van der Waals surface area contributed by atoms with Crippen LogP contribution in [-0.4, -0.2) is 51.5 Å². The second kappa shape index (κ2) is 6.74. The lowest BCUT2D eigenvalue weighted by Crippen LogP contribution is -2.38. The van der Waals surface area contributed by atoms with Gasteiger partial charge in [-0.2, -0.15) is 4.31 Å². The molecule has 142 valence electrons. The van der Waals surface area contributed by atoms with E-state index in [4.69, 9.17) is 9.47 Å². The van der Waals surface area contributed by atoms with E-state index in [1.165, 1.54) is 4.31 Å². The van der Waals surface area contributed by atoms with Crippen LogP contribution < -0.4 is 14.8 Å². The summed E-state index contributed by atoms with van der Waals surface area (Å²) in [6.07, 6.45) is 2.79. The molecule has 1 amide bonds. The molecule has 1 saturated carbocycles. The van der Waals surface area contributed by atoms with E-state index in [-0.39, 0.29) is 22.8 Å². The molecule has 26 heavy (non-hydrogen) atoms. The number of nitrogens with one attached hydrogen (secondary N) is 1. The van der Waals surface area contributed by atoms with Gasteiger partial charge in [-0.15, -0.1) is 0 Å². The molecule has 0 bridgehead atoms. The zero-order chi connectivity index (χ0) is 18.3. The number of amides is 1. The van der Waals surface area contributed by atoms with Crippen LogP contribution in [0.4, 0.5) is 0 Å². The number of benzene rings is 1. The predicted octanol–water partition coefficient (Wildman–Crippen LogP) is 1.38. The first kappa shape index (κ1) is 17.6. The number of nitrogens with zero attached hydrogens (tertiary/aromatic N) is 1. The van der Waals surface area contributed by atoms with Crippen LogP contribution in [0.1, 0.15) is 25.7 Å². The van der Waals surface area contributed by atoms with Crippen LogP contribution in [0.5, 0.6) is 11.5 Å². The molecule has 3 atom stereocenters. The Morgan fingerprint density at radius 3 is 2.65 bits per heavy atom. The quantitative estimate of drug-likeness (QED) is 0.856. The molecule has 1 aliphatic carbocycles. The van der Waals surface area contributed by atoms with Crippen molar-refractivity contribution in [2.75, 3.05) is 26.8 Å². The van der Waals surface area contributed by atoms with Crippen LogP contribution in [-0.2, 0) is 14.8 Å². The topological polar surface area (TPSA) is 84.9 Å². The van der Waals surface area contributed by atoms with Crippen LogP contribution in [0.15, 0.2) is 23.1 Å². The molecule has 3 aliphatic rings. The highest BCUT2D eigenvalue weighted by Crippen LogP contribution is 2.40. The third kappa shape index (κ3) is 3.16. The van der Waals surface area contributed by atoms with E-state index in [0.29, 0.717) is 43.6 Å². The zero-order valence-electron chi connectivity index (χ0n) is 14.8. The summed E-state index contributed by atoms with van der Waals surface area (Å²) in [5.41, 5.74) is 0. The number of piperidine rings is 1. The van der Waals surface area contributed by atoms with Crippen molar-refractivity contribution in [2.45, 2.75) is 36.6 Å². The Kier molecular flexibility index (Phi) is 4.56. The monoisotopic (exact) mass is 380 g/mol. The molecule has 0 radical (unpaired) electrons. The van der Waals surface area contributed by atoms with Gasteiger partial charge in [0, 0.05) is 38.5 Å². The van der Waals surface area contributed by atoms with Gasteiger partial charge in [-0.1, -0.05) is 0 Å². The second-order valence-corrected chi connectivity index (χ2v) is 9.33. The van der Waals surface area contributed by atoms with Crippen molar-refractivity contribution in [1.29, 1.82) is 0 Å². The lowest BCUT2D eigenvalue weighted by atomic mass is 9.89. The summed E-state index contributed by atoms with van der Waals surface area (Å²) < 4.78 is 38.9. The molecule has 2 aliphatic heterocycles. The van der Waals surface area contributed by atoms with Crippen molar-refractivity contribution in [1.82, 2.24) is 9.62 Å². The predicted molar refractivity (Wildman–Crippen MR) is 94.6 cm³/mol. The number of carbonyl (C=O) groups excluding carboxylic acids is 1. The summed E-state index contributed by atoms with van der Waals surface area (Å²) in [6, 6.07) is 4.71. The van der Waals surface area contributed by atoms with Gasteiger partial charge in [-0.3, -0.25) is 4.79 Å². The molecular weight excluding hydrogens is 356 g/mol. The molecule has 7 nitrogen and oxygen atoms in total. The van der Waals surface area contributed by atoms with Gasteiger partial charge in [0.25, 0.3) is 0 Å². The molecule has 1 aromatic carbocycles. The minimum absolute atomic E-state index is 0.0697. The first-order valence-electron chi connectivity index (χ1n) is 9.09. The van der Waals surface area contributed by atoms with E-state index in [1.807, 2.05) is 0 Å². The van der Waals surface area contributed by atoms with Crippen molar-refractivity contribution in [3.05, 3.63) is 18.2 Å². The number of sulfonamides is 1. The SMILES string of the molecule is CN([C@H]1C[C@H]2CC(=O)NC[C@H]2C1)S(=O)(=O)c1ccc2c(c1)OCCCO2. The molecule has 1 saturated heterocycles. The average molecular weight is 380 g/mol. The van der Waals surface area contributed by atoms with Crippen LogP contribution in [0, 0.1) is 11.8 Å². The van der Waals surface area contributed by atoms with Crippen molar-refractivity contribution in [3.63, 3.8) is 0 Å². The summed E-state index contributed by atoms with van der Waals surface area (Å²) in [4.78, 5) is 11.8. The Labute approximate surface area is 153 Å². The number of ether oxygens (including phenoxy) is 2. The van der Waals surface area contributed by atoms with Crippen LogP contribution in [0.25, 0.3) is 0 Å². The average Bonchev–Trinajstić information content (AvgIpc) is 2.89. The maximum Gasteiger partial charge on any atom is 0.243 e. The van der Waals surface area contributed by atoms with E-state index >= 15 is 0 Å². The van der Waals surface area contributed by atoms with E-state index in [9.17, 15) is 13.2 Å². The molecule has 0 aromatic heterocycles. The fraction of sp³-hybridized carbons (Fsp3) is 0.611. The van der Waals surface area contributed by atoms with Crippen molar-refractivity contribution in [3.8, 4) is 11.5 Å². The first-order valence-corrected chi connectivity index (χ1v) is 10.5. The Bertz CT molecular complexity index is 810. The van der Waals surface area contributed by atoms with Gasteiger partial charge in [0.2, 0.25) is 15.9 Å². The summed E-state index contributed by atoms with van der Waals surface area (Å²) in [5, 5.41) is 2.89. The highest BCUT2D eigenvalue weighted by Gasteiger charge is 2.42. The maximum atomic E-state index is 13.1. The smallest absolute Gasteiger partial charge is 0.243 e. The Morgan fingerprint density at radius 2 is 1.85 bits per heavy atom. The number of rotatable bonds is 3. The lowest BCUT2D eigenvalue weighted by Gasteiger charge is -2.24. The minimum Gasteiger partial charge on any atom is -0.490 e. The standard InChI is InChI=1S/C18H24N2O5S/c1-20(14-7-12-9-18(21)19-11-13(12)8-14)26(22,23)15-3-4-16-17(10-15)25-6-2-5-24-16/h3-4,10,12-14H,2,5-9,11H2,1H3,(H,19,21)/t12-,13+,14-/m0/s1. The Morgan fingerprint density at radius 1 is 1.12 bits per heavy atom. The van der Waals surface area contributed by atoms with Gasteiger partial charge in [-0.25, -0.2) is 8.42 Å². The summed E-state index contributed by atoms with van der Waals surface area (Å²) in [7, 11) is -2.00. The summed E-state index contributed by atoms with van der Waals surface area (Å²) in [6.45, 7) is 1.73. The molecule has 2 heterocycles. The van der Waals surface area contributed by atoms with Crippen molar-refractivity contribution >= 4 is 15.9 Å². The molecule has 1 N–H and O–H groups in total. The van der Waals surface area contributed by atoms with E-state index in [1.54, 1.807) is 25.2 Å². The lowest BCUT2D eigenvalue weighted by molar-refractivity contribution is -0.124. The highest BCUT2D eigenvalue weighted by molar-refractivity contribution is 7.89. The first-order chi connectivity index (χ1) is 12.4. The van der Waals surface area contributed by atoms with Gasteiger partial charge in [-0.05, 0) is 36.8 Å². The van der Waals surface area contributed by atoms with Crippen LogP contribution in [0.2, 0.25) is 0 Å². The Hall–Kier alpha value is -1.80. The van der Waals surface area contributed by atoms with Crippen molar-refractivity contribution < 1.29 is 22.7 Å². The summed E-state index contributed by atoms with van der Waals surface area (Å²) >= 11 is 0. The van der Waals surface area contributed by atoms with Crippen LogP contribution in [0.3, 0.4) is 0 Å². The molecule has 0 unspecified atom stereocenters. The fourth-order valence-corrected chi connectivity index (χ4v) is 5.59. The molecule has 2 fully saturated rings. The molecule has 0 spiro atoms. The minimum atomic E-state index is -3.63. The largest absolute Gasteiger partial charge is 0.490 e. The maximum absolute atomic E-state index is 13.1. The Balaban J connectivity index is 1.55.